The first-order valence-corrected chi connectivity index (χ1v) is 5.61. The number of amides is 1. The molecule has 2 aromatic rings. The molecule has 1 aromatic carbocycles. The average molecular weight is 245 g/mol. The molecule has 0 spiro atoms. The topological polar surface area (TPSA) is 67.0 Å². The van der Waals surface area contributed by atoms with E-state index in [0.29, 0.717) is 12.1 Å². The number of aromatic amines is 1. The normalized spacial score (nSPS) is 10.1. The Labute approximate surface area is 105 Å². The van der Waals surface area contributed by atoms with E-state index in [1.165, 1.54) is 0 Å². The predicted molar refractivity (Wildman–Crippen MR) is 68.7 cm³/mol. The van der Waals surface area contributed by atoms with Gasteiger partial charge in [-0.1, -0.05) is 12.1 Å². The van der Waals surface area contributed by atoms with Crippen molar-refractivity contribution in [1.29, 1.82) is 0 Å². The number of nitrogens with zero attached hydrogens (tertiary/aromatic N) is 1. The predicted octanol–water partition coefficient (Wildman–Crippen LogP) is 1.91. The van der Waals surface area contributed by atoms with E-state index in [1.807, 2.05) is 25.1 Å². The summed E-state index contributed by atoms with van der Waals surface area (Å²) >= 11 is 0. The fraction of sp³-hybridized carbons (Fsp3) is 0.231. The van der Waals surface area contributed by atoms with Crippen molar-refractivity contribution in [3.05, 3.63) is 41.7 Å². The van der Waals surface area contributed by atoms with Gasteiger partial charge in [0.15, 0.2) is 0 Å². The first-order valence-electron chi connectivity index (χ1n) is 5.61. The number of H-pyrrole nitrogens is 1. The summed E-state index contributed by atoms with van der Waals surface area (Å²) in [5, 5.41) is 9.15. The third-order valence-corrected chi connectivity index (χ3v) is 2.62. The number of carbonyl (C=O) groups excluding carboxylic acids is 1. The van der Waals surface area contributed by atoms with Crippen molar-refractivity contribution < 1.29 is 9.53 Å². The van der Waals surface area contributed by atoms with Crippen LogP contribution in [0.5, 0.6) is 5.75 Å². The maximum absolute atomic E-state index is 11.8. The lowest BCUT2D eigenvalue weighted by atomic mass is 10.1. The van der Waals surface area contributed by atoms with E-state index in [9.17, 15) is 4.79 Å². The second-order valence-corrected chi connectivity index (χ2v) is 4.02. The Bertz CT molecular complexity index is 535. The molecule has 5 heteroatoms. The highest BCUT2D eigenvalue weighted by Crippen LogP contribution is 2.19. The van der Waals surface area contributed by atoms with Gasteiger partial charge in [0.1, 0.15) is 5.75 Å². The van der Waals surface area contributed by atoms with E-state index in [1.54, 1.807) is 19.5 Å². The van der Waals surface area contributed by atoms with E-state index in [4.69, 9.17) is 4.74 Å². The average Bonchev–Trinajstić information content (AvgIpc) is 2.84. The lowest BCUT2D eigenvalue weighted by Crippen LogP contribution is -2.14. The number of hydrogen-bond acceptors (Lipinski definition) is 3. The number of nitrogens with one attached hydrogen (secondary N) is 2. The molecule has 0 bridgehead atoms. The number of aryl methyl sites for hydroxylation is 1. The Morgan fingerprint density at radius 3 is 3.00 bits per heavy atom. The molecule has 0 unspecified atom stereocenters. The van der Waals surface area contributed by atoms with E-state index in [2.05, 4.69) is 15.5 Å². The van der Waals surface area contributed by atoms with Gasteiger partial charge in [-0.15, -0.1) is 0 Å². The lowest BCUT2D eigenvalue weighted by molar-refractivity contribution is -0.115. The maximum Gasteiger partial charge on any atom is 0.228 e. The molecule has 1 aromatic heterocycles. The van der Waals surface area contributed by atoms with Crippen LogP contribution in [0.1, 0.15) is 11.1 Å². The van der Waals surface area contributed by atoms with Crippen LogP contribution in [-0.2, 0) is 11.2 Å². The lowest BCUT2D eigenvalue weighted by Gasteiger charge is -2.07. The molecule has 0 aliphatic carbocycles. The van der Waals surface area contributed by atoms with Crippen LogP contribution in [0, 0.1) is 6.92 Å². The molecule has 94 valence electrons. The smallest absolute Gasteiger partial charge is 0.228 e. The van der Waals surface area contributed by atoms with E-state index < -0.39 is 0 Å². The molecule has 0 saturated heterocycles. The number of aromatic nitrogens is 2. The minimum Gasteiger partial charge on any atom is -0.496 e. The molecule has 2 rings (SSSR count). The van der Waals surface area contributed by atoms with Crippen molar-refractivity contribution in [2.75, 3.05) is 12.4 Å². The van der Waals surface area contributed by atoms with Crippen LogP contribution in [0.25, 0.3) is 0 Å². The minimum atomic E-state index is -0.0812. The maximum atomic E-state index is 11.8. The Morgan fingerprint density at radius 1 is 1.50 bits per heavy atom. The van der Waals surface area contributed by atoms with Gasteiger partial charge in [0.05, 0.1) is 25.4 Å². The van der Waals surface area contributed by atoms with Crippen molar-refractivity contribution in [3.8, 4) is 5.75 Å². The van der Waals surface area contributed by atoms with Gasteiger partial charge in [0, 0.05) is 6.20 Å². The van der Waals surface area contributed by atoms with Crippen LogP contribution in [0.3, 0.4) is 0 Å². The fourth-order valence-electron chi connectivity index (χ4n) is 1.68. The second kappa shape index (κ2) is 5.35. The van der Waals surface area contributed by atoms with E-state index >= 15 is 0 Å². The molecule has 0 saturated carbocycles. The molecule has 0 fully saturated rings. The van der Waals surface area contributed by atoms with Gasteiger partial charge in [-0.25, -0.2) is 0 Å². The van der Waals surface area contributed by atoms with Crippen LogP contribution in [0.2, 0.25) is 0 Å². The largest absolute Gasteiger partial charge is 0.496 e. The SMILES string of the molecule is COc1cc(CC(=O)Nc2cn[nH]c2)ccc1C. The van der Waals surface area contributed by atoms with Gasteiger partial charge in [-0.2, -0.15) is 5.10 Å². The van der Waals surface area contributed by atoms with Crippen LogP contribution >= 0.6 is 0 Å². The summed E-state index contributed by atoms with van der Waals surface area (Å²) in [7, 11) is 1.62. The number of benzene rings is 1. The molecule has 5 nitrogen and oxygen atoms in total. The third-order valence-electron chi connectivity index (χ3n) is 2.62. The molecule has 0 aliphatic rings. The Hall–Kier alpha value is -2.30. The van der Waals surface area contributed by atoms with Crippen LogP contribution in [0.15, 0.2) is 30.6 Å². The Morgan fingerprint density at radius 2 is 2.33 bits per heavy atom. The molecular weight excluding hydrogens is 230 g/mol. The van der Waals surface area contributed by atoms with Gasteiger partial charge in [-0.05, 0) is 24.1 Å². The van der Waals surface area contributed by atoms with Crippen LogP contribution in [-0.4, -0.2) is 23.2 Å². The monoisotopic (exact) mass is 245 g/mol. The van der Waals surface area contributed by atoms with Gasteiger partial charge in [0.2, 0.25) is 5.91 Å². The Kier molecular flexibility index (Phi) is 3.62. The third kappa shape index (κ3) is 2.88. The van der Waals surface area contributed by atoms with Crippen molar-refractivity contribution in [1.82, 2.24) is 10.2 Å². The van der Waals surface area contributed by atoms with E-state index in [-0.39, 0.29) is 5.91 Å². The number of rotatable bonds is 4. The summed E-state index contributed by atoms with van der Waals surface area (Å²) in [6, 6.07) is 5.75. The van der Waals surface area contributed by atoms with Gasteiger partial charge < -0.3 is 10.1 Å². The minimum absolute atomic E-state index is 0.0812. The summed E-state index contributed by atoms with van der Waals surface area (Å²) in [6.07, 6.45) is 3.50. The summed E-state index contributed by atoms with van der Waals surface area (Å²) in [5.41, 5.74) is 2.63. The Balaban J connectivity index is 2.03. The molecule has 1 amide bonds. The second-order valence-electron chi connectivity index (χ2n) is 4.02. The zero-order valence-electron chi connectivity index (χ0n) is 10.4. The van der Waals surface area contributed by atoms with Crippen molar-refractivity contribution in [2.45, 2.75) is 13.3 Å². The number of methoxy groups -OCH3 is 1. The number of hydrogen-bond donors (Lipinski definition) is 2. The number of carbonyl (C=O) groups is 1. The van der Waals surface area contributed by atoms with Gasteiger partial charge >= 0.3 is 0 Å². The van der Waals surface area contributed by atoms with E-state index in [0.717, 1.165) is 16.9 Å². The summed E-state index contributed by atoms with van der Waals surface area (Å²) in [6.45, 7) is 1.97. The van der Waals surface area contributed by atoms with Gasteiger partial charge in [0.25, 0.3) is 0 Å². The summed E-state index contributed by atoms with van der Waals surface area (Å²) in [5.74, 6) is 0.714. The first kappa shape index (κ1) is 12.2. The zero-order valence-corrected chi connectivity index (χ0v) is 10.4. The highest BCUT2D eigenvalue weighted by molar-refractivity contribution is 5.92. The first-order chi connectivity index (χ1) is 8.69. The summed E-state index contributed by atoms with van der Waals surface area (Å²) in [4.78, 5) is 11.8. The molecule has 0 aliphatic heterocycles. The highest BCUT2D eigenvalue weighted by Gasteiger charge is 2.07. The standard InChI is InChI=1S/C13H15N3O2/c1-9-3-4-10(5-12(9)18-2)6-13(17)16-11-7-14-15-8-11/h3-5,7-8H,6H2,1-2H3,(H,14,15)(H,16,17). The molecule has 2 N–H and O–H groups in total. The molecule has 0 atom stereocenters. The zero-order chi connectivity index (χ0) is 13.0. The van der Waals surface area contributed by atoms with Crippen LogP contribution in [0.4, 0.5) is 5.69 Å². The molecular formula is C13H15N3O2. The fourth-order valence-corrected chi connectivity index (χ4v) is 1.68. The quantitative estimate of drug-likeness (QED) is 0.864. The van der Waals surface area contributed by atoms with Crippen molar-refractivity contribution in [2.24, 2.45) is 0 Å². The molecule has 1 heterocycles. The van der Waals surface area contributed by atoms with Crippen LogP contribution < -0.4 is 10.1 Å². The van der Waals surface area contributed by atoms with Crippen molar-refractivity contribution >= 4 is 11.6 Å². The molecule has 18 heavy (non-hydrogen) atoms. The van der Waals surface area contributed by atoms with Gasteiger partial charge in [-0.3, -0.25) is 9.89 Å². The number of anilines is 1. The summed E-state index contributed by atoms with van der Waals surface area (Å²) < 4.78 is 5.23. The highest BCUT2D eigenvalue weighted by atomic mass is 16.5. The number of ether oxygens (including phenoxy) is 1. The molecule has 0 radical (unpaired) electrons. The van der Waals surface area contributed by atoms with Crippen molar-refractivity contribution in [3.63, 3.8) is 0 Å².